The molecule has 0 aliphatic carbocycles. The molecule has 2 aromatic carbocycles. The zero-order chi connectivity index (χ0) is 31.0. The highest BCUT2D eigenvalue weighted by molar-refractivity contribution is 7.99. The van der Waals surface area contributed by atoms with Crippen molar-refractivity contribution in [3.05, 3.63) is 58.7 Å². The van der Waals surface area contributed by atoms with Gasteiger partial charge in [0.1, 0.15) is 23.0 Å². The quantitative estimate of drug-likeness (QED) is 0.126. The Labute approximate surface area is 248 Å². The Bertz CT molecular complexity index is 1210. The zero-order valence-electron chi connectivity index (χ0n) is 25.8. The Hall–Kier alpha value is -3.59. The molecule has 0 spiro atoms. The molecular formula is C32H42O8S. The SMILES string of the molecule is C=C(C)C(=O)OC(C)Oc1c(C)cc(Sc2cc(C)c(OC(C)OC(=O)C(=C)C)c(C)c2OCC)c(OCC)c1C. The minimum Gasteiger partial charge on any atom is -0.492 e. The largest absolute Gasteiger partial charge is 0.492 e. The minimum atomic E-state index is -0.816. The van der Waals surface area contributed by atoms with Crippen molar-refractivity contribution < 1.29 is 38.0 Å². The molecule has 0 heterocycles. The second-order valence-corrected chi connectivity index (χ2v) is 10.7. The molecule has 8 nitrogen and oxygen atoms in total. The summed E-state index contributed by atoms with van der Waals surface area (Å²) >= 11 is 1.51. The van der Waals surface area contributed by atoms with Crippen molar-refractivity contribution in [2.45, 2.75) is 91.6 Å². The van der Waals surface area contributed by atoms with Crippen molar-refractivity contribution in [3.63, 3.8) is 0 Å². The van der Waals surface area contributed by atoms with Crippen molar-refractivity contribution >= 4 is 23.7 Å². The van der Waals surface area contributed by atoms with Crippen LogP contribution in [0, 0.1) is 27.7 Å². The highest BCUT2D eigenvalue weighted by Crippen LogP contribution is 2.48. The van der Waals surface area contributed by atoms with Gasteiger partial charge in [-0.3, -0.25) is 0 Å². The average Bonchev–Trinajstić information content (AvgIpc) is 2.88. The van der Waals surface area contributed by atoms with Gasteiger partial charge in [-0.05, 0) is 78.6 Å². The number of hydrogen-bond donors (Lipinski definition) is 0. The Morgan fingerprint density at radius 2 is 1.05 bits per heavy atom. The van der Waals surface area contributed by atoms with Gasteiger partial charge in [-0.15, -0.1) is 0 Å². The lowest BCUT2D eigenvalue weighted by molar-refractivity contribution is -0.157. The molecule has 2 atom stereocenters. The van der Waals surface area contributed by atoms with Gasteiger partial charge in [0, 0.05) is 36.1 Å². The lowest BCUT2D eigenvalue weighted by Crippen LogP contribution is -2.22. The van der Waals surface area contributed by atoms with Crippen LogP contribution < -0.4 is 18.9 Å². The van der Waals surface area contributed by atoms with E-state index in [1.54, 1.807) is 27.7 Å². The van der Waals surface area contributed by atoms with Gasteiger partial charge < -0.3 is 28.4 Å². The zero-order valence-corrected chi connectivity index (χ0v) is 26.6. The summed E-state index contributed by atoms with van der Waals surface area (Å²) in [6, 6.07) is 3.96. The predicted molar refractivity (Wildman–Crippen MR) is 160 cm³/mol. The fourth-order valence-electron chi connectivity index (χ4n) is 3.99. The number of benzene rings is 2. The molecule has 0 aliphatic heterocycles. The number of ether oxygens (including phenoxy) is 6. The van der Waals surface area contributed by atoms with Crippen LogP contribution in [-0.4, -0.2) is 37.7 Å². The predicted octanol–water partition coefficient (Wildman–Crippen LogP) is 7.56. The molecule has 224 valence electrons. The molecule has 0 radical (unpaired) electrons. The maximum absolute atomic E-state index is 12.0. The van der Waals surface area contributed by atoms with Gasteiger partial charge in [0.15, 0.2) is 0 Å². The molecule has 9 heteroatoms. The topological polar surface area (TPSA) is 89.5 Å². The first-order chi connectivity index (χ1) is 19.2. The number of carbonyl (C=O) groups excluding carboxylic acids is 2. The van der Waals surface area contributed by atoms with Crippen LogP contribution >= 0.6 is 11.8 Å². The first-order valence-corrected chi connectivity index (χ1v) is 14.3. The fourth-order valence-corrected chi connectivity index (χ4v) is 5.30. The van der Waals surface area contributed by atoms with Crippen LogP contribution in [0.15, 0.2) is 46.2 Å². The van der Waals surface area contributed by atoms with Crippen LogP contribution in [-0.2, 0) is 19.1 Å². The van der Waals surface area contributed by atoms with Crippen molar-refractivity contribution in [1.29, 1.82) is 0 Å². The van der Waals surface area contributed by atoms with Gasteiger partial charge >= 0.3 is 11.9 Å². The molecule has 0 aromatic heterocycles. The standard InChI is InChI=1S/C32H42O8S/c1-13-35-29-21(9)27(37-23(11)39-31(33)17(3)4)19(7)15-25(29)41-26-16-20(8)28(22(10)30(26)36-14-2)38-24(12)40-32(34)18(5)6/h15-16,23-24H,3,5,13-14H2,1-2,4,6-12H3. The molecule has 0 aliphatic rings. The third-order valence-corrected chi connectivity index (χ3v) is 6.88. The maximum Gasteiger partial charge on any atom is 0.336 e. The van der Waals surface area contributed by atoms with Crippen molar-refractivity contribution in [3.8, 4) is 23.0 Å². The van der Waals surface area contributed by atoms with Crippen LogP contribution in [0.4, 0.5) is 0 Å². The average molecular weight is 587 g/mol. The van der Waals surface area contributed by atoms with Crippen LogP contribution in [0.1, 0.15) is 63.8 Å². The third-order valence-electron chi connectivity index (χ3n) is 5.83. The number of hydrogen-bond acceptors (Lipinski definition) is 9. The summed E-state index contributed by atoms with van der Waals surface area (Å²) in [4.78, 5) is 25.7. The number of esters is 2. The first kappa shape index (κ1) is 33.6. The normalized spacial score (nSPS) is 12.1. The summed E-state index contributed by atoms with van der Waals surface area (Å²) in [6.07, 6.45) is -1.63. The smallest absolute Gasteiger partial charge is 0.336 e. The first-order valence-electron chi connectivity index (χ1n) is 13.5. The summed E-state index contributed by atoms with van der Waals surface area (Å²) in [5.74, 6) is 1.45. The lowest BCUT2D eigenvalue weighted by atomic mass is 10.1. The van der Waals surface area contributed by atoms with Gasteiger partial charge in [-0.25, -0.2) is 9.59 Å². The van der Waals surface area contributed by atoms with E-state index in [1.165, 1.54) is 11.8 Å². The van der Waals surface area contributed by atoms with Gasteiger partial charge in [0.05, 0.1) is 23.0 Å². The summed E-state index contributed by atoms with van der Waals surface area (Å²) in [5, 5.41) is 0. The van der Waals surface area contributed by atoms with Gasteiger partial charge in [0.2, 0.25) is 12.6 Å². The molecule has 0 N–H and O–H groups in total. The lowest BCUT2D eigenvalue weighted by Gasteiger charge is -2.24. The van der Waals surface area contributed by atoms with E-state index in [-0.39, 0.29) is 0 Å². The Morgan fingerprint density at radius 1 is 0.707 bits per heavy atom. The molecule has 0 saturated heterocycles. The van der Waals surface area contributed by atoms with E-state index in [0.29, 0.717) is 47.4 Å². The molecule has 0 amide bonds. The fraction of sp³-hybridized carbons (Fsp3) is 0.438. The van der Waals surface area contributed by atoms with Gasteiger partial charge in [0.25, 0.3) is 0 Å². The summed E-state index contributed by atoms with van der Waals surface area (Å²) in [7, 11) is 0. The highest BCUT2D eigenvalue weighted by atomic mass is 32.2. The van der Waals surface area contributed by atoms with Crippen molar-refractivity contribution in [1.82, 2.24) is 0 Å². The molecule has 2 rings (SSSR count). The van der Waals surface area contributed by atoms with E-state index in [0.717, 1.165) is 32.0 Å². The molecule has 0 saturated carbocycles. The van der Waals surface area contributed by atoms with Gasteiger partial charge in [-0.2, -0.15) is 0 Å². The van der Waals surface area contributed by atoms with Crippen LogP contribution in [0.2, 0.25) is 0 Å². The number of rotatable bonds is 14. The van der Waals surface area contributed by atoms with E-state index in [4.69, 9.17) is 28.4 Å². The van der Waals surface area contributed by atoms with E-state index < -0.39 is 24.5 Å². The van der Waals surface area contributed by atoms with E-state index in [2.05, 4.69) is 13.2 Å². The number of carbonyl (C=O) groups is 2. The Balaban J connectivity index is 2.50. The minimum absolute atomic E-state index is 0.296. The van der Waals surface area contributed by atoms with Crippen molar-refractivity contribution in [2.75, 3.05) is 13.2 Å². The highest BCUT2D eigenvalue weighted by Gasteiger charge is 2.24. The van der Waals surface area contributed by atoms with E-state index in [1.807, 2.05) is 53.7 Å². The molecule has 0 fully saturated rings. The van der Waals surface area contributed by atoms with Crippen LogP contribution in [0.3, 0.4) is 0 Å². The molecule has 2 unspecified atom stereocenters. The van der Waals surface area contributed by atoms with E-state index in [9.17, 15) is 9.59 Å². The second kappa shape index (κ2) is 14.9. The van der Waals surface area contributed by atoms with Crippen LogP contribution in [0.25, 0.3) is 0 Å². The molecule has 0 bridgehead atoms. The second-order valence-electron chi connectivity index (χ2n) is 9.66. The Kier molecular flexibility index (Phi) is 12.2. The molecular weight excluding hydrogens is 544 g/mol. The monoisotopic (exact) mass is 586 g/mol. The Morgan fingerprint density at radius 3 is 1.34 bits per heavy atom. The maximum atomic E-state index is 12.0. The summed E-state index contributed by atoms with van der Waals surface area (Å²) < 4.78 is 34.9. The summed E-state index contributed by atoms with van der Waals surface area (Å²) in [5.41, 5.74) is 3.87. The molecule has 41 heavy (non-hydrogen) atoms. The molecule has 2 aromatic rings. The third kappa shape index (κ3) is 8.70. The van der Waals surface area contributed by atoms with Crippen molar-refractivity contribution in [2.24, 2.45) is 0 Å². The number of aryl methyl sites for hydroxylation is 2. The van der Waals surface area contributed by atoms with E-state index >= 15 is 0 Å². The summed E-state index contributed by atoms with van der Waals surface area (Å²) in [6.45, 7) is 26.1. The van der Waals surface area contributed by atoms with Gasteiger partial charge in [-0.1, -0.05) is 24.9 Å². The van der Waals surface area contributed by atoms with Crippen LogP contribution in [0.5, 0.6) is 23.0 Å².